The van der Waals surface area contributed by atoms with Crippen molar-refractivity contribution in [2.24, 2.45) is 0 Å². The Labute approximate surface area is 237 Å². The number of benzene rings is 2. The molecule has 9 nitrogen and oxygen atoms in total. The van der Waals surface area contributed by atoms with Crippen molar-refractivity contribution >= 4 is 28.2 Å². The average molecular weight is 587 g/mol. The van der Waals surface area contributed by atoms with E-state index in [1.165, 1.54) is 6.07 Å². The molecular weight excluding hydrogens is 559 g/mol. The average Bonchev–Trinajstić information content (AvgIpc) is 3.60. The van der Waals surface area contributed by atoms with Gasteiger partial charge in [0.25, 0.3) is 0 Å². The first-order valence-electron chi connectivity index (χ1n) is 13.2. The fraction of sp³-hybridized carbons (Fsp3) is 0.321. The summed E-state index contributed by atoms with van der Waals surface area (Å²) >= 11 is 0. The highest BCUT2D eigenvalue weighted by molar-refractivity contribution is 5.76. The number of methoxy groups -OCH3 is 1. The van der Waals surface area contributed by atoms with E-state index in [-0.39, 0.29) is 24.3 Å². The summed E-state index contributed by atoms with van der Waals surface area (Å²) in [5.74, 6) is -0.802. The fourth-order valence-corrected chi connectivity index (χ4v) is 5.06. The summed E-state index contributed by atoms with van der Waals surface area (Å²) in [6, 6.07) is 11.4. The maximum atomic E-state index is 14.5. The van der Waals surface area contributed by atoms with Crippen LogP contribution in [0.1, 0.15) is 17.1 Å². The Morgan fingerprint density at radius 2 is 1.74 bits per heavy atom. The summed E-state index contributed by atoms with van der Waals surface area (Å²) in [5.41, 5.74) is 0.335. The monoisotopic (exact) mass is 586 g/mol. The van der Waals surface area contributed by atoms with Crippen molar-refractivity contribution in [3.8, 4) is 5.75 Å². The fourth-order valence-electron chi connectivity index (χ4n) is 5.06. The van der Waals surface area contributed by atoms with Crippen molar-refractivity contribution in [1.29, 1.82) is 0 Å². The van der Waals surface area contributed by atoms with E-state index in [1.807, 2.05) is 24.1 Å². The largest absolute Gasteiger partial charge is 0.497 e. The van der Waals surface area contributed by atoms with E-state index in [0.29, 0.717) is 41.7 Å². The third-order valence-electron chi connectivity index (χ3n) is 7.36. The molecule has 4 heterocycles. The molecule has 0 atom stereocenters. The summed E-state index contributed by atoms with van der Waals surface area (Å²) in [7, 11) is 3.53. The number of aromatic nitrogens is 5. The summed E-state index contributed by atoms with van der Waals surface area (Å²) in [5, 5.41) is 4.37. The number of alkyl halides is 3. The number of rotatable bonds is 7. The van der Waals surface area contributed by atoms with Crippen molar-refractivity contribution < 1.29 is 26.7 Å². The molecule has 1 aliphatic heterocycles. The molecule has 3 aromatic heterocycles. The Bertz CT molecular complexity index is 1720. The second-order valence-corrected chi connectivity index (χ2v) is 10.2. The van der Waals surface area contributed by atoms with Crippen LogP contribution in [0.25, 0.3) is 16.7 Å². The molecule has 1 N–H and O–H groups in total. The number of fused-ring (bicyclic) bond motifs is 2. The highest BCUT2D eigenvalue weighted by atomic mass is 19.4. The van der Waals surface area contributed by atoms with Gasteiger partial charge in [-0.05, 0) is 36.9 Å². The van der Waals surface area contributed by atoms with Gasteiger partial charge in [-0.1, -0.05) is 12.1 Å². The van der Waals surface area contributed by atoms with E-state index in [2.05, 4.69) is 25.0 Å². The second kappa shape index (κ2) is 10.7. The molecule has 220 valence electrons. The first-order valence-corrected chi connectivity index (χ1v) is 13.2. The molecule has 0 amide bonds. The zero-order valence-electron chi connectivity index (χ0n) is 22.8. The molecule has 0 unspecified atom stereocenters. The van der Waals surface area contributed by atoms with Crippen LogP contribution in [0.4, 0.5) is 33.5 Å². The quantitative estimate of drug-likeness (QED) is 0.273. The third kappa shape index (κ3) is 5.29. The number of aromatic amines is 1. The van der Waals surface area contributed by atoms with Crippen LogP contribution < -0.4 is 14.5 Å². The van der Waals surface area contributed by atoms with Crippen molar-refractivity contribution in [3.63, 3.8) is 0 Å². The molecule has 0 spiro atoms. The highest BCUT2D eigenvalue weighted by Gasteiger charge is 2.36. The predicted octanol–water partition coefficient (Wildman–Crippen LogP) is 4.87. The number of anilines is 2. The number of ether oxygens (including phenoxy) is 1. The molecule has 1 fully saturated rings. The SMILES string of the molecule is COc1ccc(CN(Cc2nc3c(F)c(F)ccc3[nH]2)c2cc(N3CCN(C)CC3)nn3c(C(F)(F)F)cnc23)cc1. The minimum Gasteiger partial charge on any atom is -0.497 e. The second-order valence-electron chi connectivity index (χ2n) is 10.2. The molecule has 5 aromatic rings. The first kappa shape index (κ1) is 27.7. The predicted molar refractivity (Wildman–Crippen MR) is 147 cm³/mol. The molecule has 0 bridgehead atoms. The van der Waals surface area contributed by atoms with E-state index in [1.54, 1.807) is 30.2 Å². The van der Waals surface area contributed by atoms with Gasteiger partial charge in [-0.25, -0.2) is 23.3 Å². The Morgan fingerprint density at radius 3 is 2.43 bits per heavy atom. The van der Waals surface area contributed by atoms with E-state index in [0.717, 1.165) is 35.4 Å². The molecule has 0 aliphatic carbocycles. The standard InChI is InChI=1S/C28H27F5N8O/c1-38-9-11-39(12-10-38)24-13-21(27-34-14-22(28(31,32)33)41(27)37-24)40(15-17-3-5-18(42-2)6-4-17)16-23-35-20-8-7-19(29)25(30)26(20)36-23/h3-8,13-14H,9-12,15-16H2,1-2H3,(H,35,36). The van der Waals surface area contributed by atoms with Gasteiger partial charge in [-0.2, -0.15) is 13.2 Å². The van der Waals surface area contributed by atoms with Crippen LogP contribution in [0, 0.1) is 11.6 Å². The lowest BCUT2D eigenvalue weighted by atomic mass is 10.2. The van der Waals surface area contributed by atoms with E-state index in [9.17, 15) is 22.0 Å². The van der Waals surface area contributed by atoms with Crippen LogP contribution >= 0.6 is 0 Å². The van der Waals surface area contributed by atoms with E-state index in [4.69, 9.17) is 4.74 Å². The number of hydrogen-bond acceptors (Lipinski definition) is 7. The minimum atomic E-state index is -4.69. The lowest BCUT2D eigenvalue weighted by molar-refractivity contribution is -0.142. The molecular formula is C28H27F5N8O. The third-order valence-corrected chi connectivity index (χ3v) is 7.36. The Hall–Kier alpha value is -4.46. The number of likely N-dealkylation sites (N-methyl/N-ethyl adjacent to an activating group) is 1. The number of hydrogen-bond donors (Lipinski definition) is 1. The lowest BCUT2D eigenvalue weighted by Gasteiger charge is -2.34. The van der Waals surface area contributed by atoms with Gasteiger partial charge < -0.3 is 24.4 Å². The lowest BCUT2D eigenvalue weighted by Crippen LogP contribution is -2.45. The zero-order chi connectivity index (χ0) is 29.6. The number of nitrogens with one attached hydrogen (secondary N) is 1. The van der Waals surface area contributed by atoms with Gasteiger partial charge in [0, 0.05) is 38.8 Å². The smallest absolute Gasteiger partial charge is 0.435 e. The van der Waals surface area contributed by atoms with E-state index >= 15 is 0 Å². The van der Waals surface area contributed by atoms with Crippen LogP contribution in [0.15, 0.2) is 48.7 Å². The number of H-pyrrole nitrogens is 1. The first-order chi connectivity index (χ1) is 20.1. The summed E-state index contributed by atoms with van der Waals surface area (Å²) < 4.78 is 76.6. The number of piperazine rings is 1. The van der Waals surface area contributed by atoms with Gasteiger partial charge in [0.15, 0.2) is 28.8 Å². The topological polar surface area (TPSA) is 77.8 Å². The maximum absolute atomic E-state index is 14.5. The van der Waals surface area contributed by atoms with Gasteiger partial charge in [-0.3, -0.25) is 0 Å². The van der Waals surface area contributed by atoms with Crippen molar-refractivity contribution in [2.45, 2.75) is 19.3 Å². The molecule has 0 radical (unpaired) electrons. The van der Waals surface area contributed by atoms with Gasteiger partial charge in [0.2, 0.25) is 0 Å². The highest BCUT2D eigenvalue weighted by Crippen LogP contribution is 2.35. The normalized spacial score (nSPS) is 14.7. The van der Waals surface area contributed by atoms with Crippen LogP contribution in [-0.4, -0.2) is 69.8 Å². The molecule has 1 aliphatic rings. The van der Waals surface area contributed by atoms with Gasteiger partial charge in [-0.15, -0.1) is 5.10 Å². The van der Waals surface area contributed by atoms with Crippen molar-refractivity contribution in [3.05, 3.63) is 77.4 Å². The minimum absolute atomic E-state index is 0.00190. The molecule has 2 aromatic carbocycles. The molecule has 42 heavy (non-hydrogen) atoms. The van der Waals surface area contributed by atoms with Crippen LogP contribution in [-0.2, 0) is 19.3 Å². The van der Waals surface area contributed by atoms with Crippen LogP contribution in [0.3, 0.4) is 0 Å². The van der Waals surface area contributed by atoms with Crippen LogP contribution in [0.2, 0.25) is 0 Å². The molecule has 14 heteroatoms. The zero-order valence-corrected chi connectivity index (χ0v) is 22.8. The van der Waals surface area contributed by atoms with Gasteiger partial charge in [0.05, 0.1) is 31.1 Å². The molecule has 6 rings (SSSR count). The number of halogens is 5. The van der Waals surface area contributed by atoms with Gasteiger partial charge in [0.1, 0.15) is 17.1 Å². The number of nitrogens with zero attached hydrogens (tertiary/aromatic N) is 7. The Morgan fingerprint density at radius 1 is 1.00 bits per heavy atom. The Kier molecular flexibility index (Phi) is 7.09. The molecule has 0 saturated carbocycles. The molecule has 1 saturated heterocycles. The van der Waals surface area contributed by atoms with E-state index < -0.39 is 23.5 Å². The van der Waals surface area contributed by atoms with Crippen molar-refractivity contribution in [2.75, 3.05) is 50.1 Å². The maximum Gasteiger partial charge on any atom is 0.435 e. The Balaban J connectivity index is 1.49. The van der Waals surface area contributed by atoms with Crippen molar-refractivity contribution in [1.82, 2.24) is 29.5 Å². The van der Waals surface area contributed by atoms with Gasteiger partial charge >= 0.3 is 6.18 Å². The number of imidazole rings is 2. The van der Waals surface area contributed by atoms with Crippen LogP contribution in [0.5, 0.6) is 5.75 Å². The summed E-state index contributed by atoms with van der Waals surface area (Å²) in [6.45, 7) is 2.87. The summed E-state index contributed by atoms with van der Waals surface area (Å²) in [6.07, 6.45) is -3.92. The summed E-state index contributed by atoms with van der Waals surface area (Å²) in [4.78, 5) is 17.3.